The molecule has 0 aliphatic carbocycles. The first-order chi connectivity index (χ1) is 8.83. The van der Waals surface area contributed by atoms with Crippen molar-refractivity contribution in [3.63, 3.8) is 0 Å². The summed E-state index contributed by atoms with van der Waals surface area (Å²) in [5.74, 6) is 0.103. The summed E-state index contributed by atoms with van der Waals surface area (Å²) in [6, 6.07) is 0. The van der Waals surface area contributed by atoms with E-state index in [1.807, 2.05) is 0 Å². The highest BCUT2D eigenvalue weighted by Gasteiger charge is 2.08. The quantitative estimate of drug-likeness (QED) is 0.580. The van der Waals surface area contributed by atoms with Gasteiger partial charge in [0, 0.05) is 45.8 Å². The van der Waals surface area contributed by atoms with E-state index in [0.29, 0.717) is 13.0 Å². The zero-order valence-electron chi connectivity index (χ0n) is 11.5. The number of amides is 1. The lowest BCUT2D eigenvalue weighted by atomic mass is 10.3. The van der Waals surface area contributed by atoms with Gasteiger partial charge in [0.15, 0.2) is 0 Å². The molecule has 18 heavy (non-hydrogen) atoms. The molecule has 0 unspecified atom stereocenters. The fraction of sp³-hybridized carbons (Fsp3) is 0.923. The highest BCUT2D eigenvalue weighted by atomic mass is 16.5. The lowest BCUT2D eigenvalue weighted by molar-refractivity contribution is -0.122. The van der Waals surface area contributed by atoms with Crippen LogP contribution in [0, 0.1) is 0 Å². The van der Waals surface area contributed by atoms with Crippen molar-refractivity contribution in [2.24, 2.45) is 0 Å². The predicted octanol–water partition coefficient (Wildman–Crippen LogP) is 0.215. The van der Waals surface area contributed by atoms with E-state index < -0.39 is 0 Å². The van der Waals surface area contributed by atoms with Crippen LogP contribution in [0.3, 0.4) is 0 Å². The van der Waals surface area contributed by atoms with Crippen molar-refractivity contribution < 1.29 is 9.53 Å². The molecule has 1 fully saturated rings. The summed E-state index contributed by atoms with van der Waals surface area (Å²) in [7, 11) is 0. The fourth-order valence-electron chi connectivity index (χ4n) is 1.96. The third kappa shape index (κ3) is 7.63. The zero-order chi connectivity index (χ0) is 13.1. The van der Waals surface area contributed by atoms with Gasteiger partial charge >= 0.3 is 0 Å². The summed E-state index contributed by atoms with van der Waals surface area (Å²) < 4.78 is 5.28. The Kier molecular flexibility index (Phi) is 8.81. The van der Waals surface area contributed by atoms with Crippen LogP contribution in [0.2, 0.25) is 0 Å². The van der Waals surface area contributed by atoms with Crippen LogP contribution in [0.1, 0.15) is 26.2 Å². The van der Waals surface area contributed by atoms with Crippen LogP contribution in [-0.4, -0.2) is 63.3 Å². The molecule has 0 atom stereocenters. The molecule has 5 nitrogen and oxygen atoms in total. The van der Waals surface area contributed by atoms with Crippen LogP contribution >= 0.6 is 0 Å². The fourth-order valence-corrected chi connectivity index (χ4v) is 1.96. The molecule has 1 rings (SSSR count). The lowest BCUT2D eigenvalue weighted by Crippen LogP contribution is -2.44. The number of piperazine rings is 1. The summed E-state index contributed by atoms with van der Waals surface area (Å²) >= 11 is 0. The van der Waals surface area contributed by atoms with E-state index in [0.717, 1.165) is 58.7 Å². The Bertz CT molecular complexity index is 218. The van der Waals surface area contributed by atoms with Crippen molar-refractivity contribution in [1.82, 2.24) is 15.5 Å². The van der Waals surface area contributed by atoms with Gasteiger partial charge in [-0.25, -0.2) is 0 Å². The maximum atomic E-state index is 11.4. The van der Waals surface area contributed by atoms with Gasteiger partial charge in [-0.15, -0.1) is 0 Å². The third-order valence-electron chi connectivity index (χ3n) is 3.00. The molecular weight excluding hydrogens is 230 g/mol. The number of carbonyl (C=O) groups is 1. The monoisotopic (exact) mass is 257 g/mol. The molecule has 0 aromatic heterocycles. The molecule has 1 amide bonds. The molecule has 1 heterocycles. The Morgan fingerprint density at radius 1 is 1.33 bits per heavy atom. The largest absolute Gasteiger partial charge is 0.381 e. The molecule has 0 radical (unpaired) electrons. The zero-order valence-corrected chi connectivity index (χ0v) is 11.5. The second-order valence-electron chi connectivity index (χ2n) is 4.66. The molecule has 0 bridgehead atoms. The van der Waals surface area contributed by atoms with Crippen molar-refractivity contribution in [1.29, 1.82) is 0 Å². The van der Waals surface area contributed by atoms with Gasteiger partial charge in [-0.1, -0.05) is 6.92 Å². The molecule has 1 aliphatic heterocycles. The summed E-state index contributed by atoms with van der Waals surface area (Å²) in [6.07, 6.45) is 2.52. The van der Waals surface area contributed by atoms with Crippen molar-refractivity contribution in [3.8, 4) is 0 Å². The normalized spacial score (nSPS) is 16.7. The lowest BCUT2D eigenvalue weighted by Gasteiger charge is -2.27. The van der Waals surface area contributed by atoms with Gasteiger partial charge in [-0.3, -0.25) is 4.79 Å². The number of nitrogens with one attached hydrogen (secondary N) is 2. The molecule has 1 saturated heterocycles. The second kappa shape index (κ2) is 10.3. The Morgan fingerprint density at radius 3 is 2.83 bits per heavy atom. The predicted molar refractivity (Wildman–Crippen MR) is 72.7 cm³/mol. The smallest absolute Gasteiger partial charge is 0.222 e. The van der Waals surface area contributed by atoms with Crippen molar-refractivity contribution >= 4 is 5.91 Å². The Balaban J connectivity index is 1.88. The van der Waals surface area contributed by atoms with Crippen LogP contribution in [0.5, 0.6) is 0 Å². The van der Waals surface area contributed by atoms with E-state index in [-0.39, 0.29) is 5.91 Å². The minimum atomic E-state index is 0.103. The Labute approximate surface area is 110 Å². The molecular formula is C13H27N3O2. The first-order valence-corrected chi connectivity index (χ1v) is 7.10. The maximum Gasteiger partial charge on any atom is 0.222 e. The number of ether oxygens (including phenoxy) is 1. The first kappa shape index (κ1) is 15.4. The minimum Gasteiger partial charge on any atom is -0.381 e. The van der Waals surface area contributed by atoms with E-state index in [2.05, 4.69) is 22.5 Å². The molecule has 2 N–H and O–H groups in total. The van der Waals surface area contributed by atoms with Crippen LogP contribution in [0.4, 0.5) is 0 Å². The minimum absolute atomic E-state index is 0.103. The van der Waals surface area contributed by atoms with Crippen LogP contribution in [0.25, 0.3) is 0 Å². The molecule has 0 aromatic rings. The molecule has 1 aliphatic rings. The summed E-state index contributed by atoms with van der Waals surface area (Å²) in [4.78, 5) is 13.9. The Morgan fingerprint density at radius 2 is 2.11 bits per heavy atom. The van der Waals surface area contributed by atoms with Gasteiger partial charge in [0.1, 0.15) is 0 Å². The standard InChI is InChI=1S/C13H27N3O2/c1-2-11-18-12-4-13(17)15-5-3-8-16-9-6-14-7-10-16/h14H,2-12H2,1H3,(H,15,17). The highest BCUT2D eigenvalue weighted by molar-refractivity contribution is 5.75. The van der Waals surface area contributed by atoms with Gasteiger partial charge in [-0.2, -0.15) is 0 Å². The van der Waals surface area contributed by atoms with Gasteiger partial charge in [-0.05, 0) is 19.4 Å². The number of carbonyl (C=O) groups excluding carboxylic acids is 1. The van der Waals surface area contributed by atoms with E-state index in [1.54, 1.807) is 0 Å². The number of hydrogen-bond donors (Lipinski definition) is 2. The van der Waals surface area contributed by atoms with Gasteiger partial charge < -0.3 is 20.3 Å². The van der Waals surface area contributed by atoms with E-state index >= 15 is 0 Å². The third-order valence-corrected chi connectivity index (χ3v) is 3.00. The average molecular weight is 257 g/mol. The molecule has 0 spiro atoms. The van der Waals surface area contributed by atoms with E-state index in [1.165, 1.54) is 0 Å². The molecule has 5 heteroatoms. The molecule has 0 saturated carbocycles. The van der Waals surface area contributed by atoms with E-state index in [4.69, 9.17) is 4.74 Å². The van der Waals surface area contributed by atoms with Crippen molar-refractivity contribution in [2.75, 3.05) is 52.5 Å². The van der Waals surface area contributed by atoms with Crippen LogP contribution in [-0.2, 0) is 9.53 Å². The number of nitrogens with zero attached hydrogens (tertiary/aromatic N) is 1. The Hall–Kier alpha value is -0.650. The number of rotatable bonds is 9. The van der Waals surface area contributed by atoms with Crippen LogP contribution in [0.15, 0.2) is 0 Å². The summed E-state index contributed by atoms with van der Waals surface area (Å²) in [6.45, 7) is 9.62. The highest BCUT2D eigenvalue weighted by Crippen LogP contribution is 1.93. The number of hydrogen-bond acceptors (Lipinski definition) is 4. The van der Waals surface area contributed by atoms with Gasteiger partial charge in [0.05, 0.1) is 6.61 Å². The first-order valence-electron chi connectivity index (χ1n) is 7.10. The molecule has 0 aromatic carbocycles. The summed E-state index contributed by atoms with van der Waals surface area (Å²) in [5.41, 5.74) is 0. The van der Waals surface area contributed by atoms with E-state index in [9.17, 15) is 4.79 Å². The van der Waals surface area contributed by atoms with Crippen LogP contribution < -0.4 is 10.6 Å². The average Bonchev–Trinajstić information content (AvgIpc) is 2.41. The van der Waals surface area contributed by atoms with Crippen molar-refractivity contribution in [2.45, 2.75) is 26.2 Å². The molecule has 106 valence electrons. The summed E-state index contributed by atoms with van der Waals surface area (Å²) in [5, 5.41) is 6.27. The second-order valence-corrected chi connectivity index (χ2v) is 4.66. The topological polar surface area (TPSA) is 53.6 Å². The SMILES string of the molecule is CCCOCCC(=O)NCCCN1CCNCC1. The maximum absolute atomic E-state index is 11.4. The van der Waals surface area contributed by atoms with Gasteiger partial charge in [0.2, 0.25) is 5.91 Å². The van der Waals surface area contributed by atoms with Gasteiger partial charge in [0.25, 0.3) is 0 Å². The van der Waals surface area contributed by atoms with Crippen molar-refractivity contribution in [3.05, 3.63) is 0 Å².